The van der Waals surface area contributed by atoms with Gasteiger partial charge in [-0.3, -0.25) is 4.79 Å². The average molecular weight is 262 g/mol. The third-order valence-corrected chi connectivity index (χ3v) is 4.37. The molecule has 0 spiro atoms. The maximum Gasteiger partial charge on any atom is 0.226 e. The first-order valence-corrected chi connectivity index (χ1v) is 7.22. The topological polar surface area (TPSA) is 52.2 Å². The number of likely N-dealkylation sites (N-methyl/N-ethyl adjacent to an activating group) is 1. The predicted octanol–water partition coefficient (Wildman–Crippen LogP) is 0.679. The molecule has 0 aromatic carbocycles. The first-order valence-electron chi connectivity index (χ1n) is 7.22. The van der Waals surface area contributed by atoms with E-state index in [1.54, 1.807) is 6.33 Å². The molecule has 1 aliphatic heterocycles. The van der Waals surface area contributed by atoms with Gasteiger partial charge in [-0.05, 0) is 32.9 Å². The lowest BCUT2D eigenvalue weighted by molar-refractivity contribution is -0.135. The van der Waals surface area contributed by atoms with E-state index in [0.717, 1.165) is 63.3 Å². The van der Waals surface area contributed by atoms with E-state index in [2.05, 4.69) is 26.8 Å². The highest BCUT2D eigenvalue weighted by Gasteiger charge is 2.30. The number of hydrogen-bond donors (Lipinski definition) is 1. The van der Waals surface area contributed by atoms with E-state index in [1.165, 1.54) is 0 Å². The van der Waals surface area contributed by atoms with Crippen LogP contribution in [0.3, 0.4) is 0 Å². The summed E-state index contributed by atoms with van der Waals surface area (Å²) in [6.45, 7) is 3.88. The number of rotatable bonds is 1. The minimum Gasteiger partial charge on any atom is -0.348 e. The van der Waals surface area contributed by atoms with Crippen molar-refractivity contribution < 1.29 is 4.79 Å². The Hall–Kier alpha value is -1.36. The van der Waals surface area contributed by atoms with Crippen molar-refractivity contribution in [3.8, 4) is 0 Å². The number of aryl methyl sites for hydroxylation is 1. The Kier molecular flexibility index (Phi) is 3.55. The number of H-pyrrole nitrogens is 1. The van der Waals surface area contributed by atoms with E-state index in [4.69, 9.17) is 0 Å². The highest BCUT2D eigenvalue weighted by molar-refractivity contribution is 5.79. The largest absolute Gasteiger partial charge is 0.348 e. The van der Waals surface area contributed by atoms with Crippen LogP contribution in [0.1, 0.15) is 24.2 Å². The lowest BCUT2D eigenvalue weighted by Crippen LogP contribution is -2.40. The van der Waals surface area contributed by atoms with E-state index >= 15 is 0 Å². The minimum absolute atomic E-state index is 0.149. The first kappa shape index (κ1) is 12.7. The molecule has 5 heteroatoms. The van der Waals surface area contributed by atoms with Gasteiger partial charge in [0.2, 0.25) is 5.91 Å². The molecule has 1 saturated heterocycles. The smallest absolute Gasteiger partial charge is 0.226 e. The van der Waals surface area contributed by atoms with Gasteiger partial charge in [0.1, 0.15) is 0 Å². The quantitative estimate of drug-likeness (QED) is 0.809. The molecule has 0 saturated carbocycles. The Bertz CT molecular complexity index is 456. The van der Waals surface area contributed by atoms with Gasteiger partial charge >= 0.3 is 0 Å². The number of aromatic nitrogens is 2. The van der Waals surface area contributed by atoms with Crippen LogP contribution in [0.4, 0.5) is 0 Å². The van der Waals surface area contributed by atoms with Gasteiger partial charge in [-0.1, -0.05) is 0 Å². The zero-order chi connectivity index (χ0) is 13.2. The Morgan fingerprint density at radius 3 is 3.16 bits per heavy atom. The van der Waals surface area contributed by atoms with Gasteiger partial charge in [-0.15, -0.1) is 0 Å². The van der Waals surface area contributed by atoms with Gasteiger partial charge < -0.3 is 14.8 Å². The Labute approximate surface area is 114 Å². The van der Waals surface area contributed by atoms with Crippen molar-refractivity contribution in [3.05, 3.63) is 17.7 Å². The number of nitrogens with zero attached hydrogens (tertiary/aromatic N) is 3. The van der Waals surface area contributed by atoms with E-state index in [0.29, 0.717) is 5.91 Å². The monoisotopic (exact) mass is 262 g/mol. The fraction of sp³-hybridized carbons (Fsp3) is 0.714. The lowest BCUT2D eigenvalue weighted by atomic mass is 9.88. The fourth-order valence-electron chi connectivity index (χ4n) is 3.14. The minimum atomic E-state index is 0.149. The molecule has 19 heavy (non-hydrogen) atoms. The molecule has 3 rings (SSSR count). The highest BCUT2D eigenvalue weighted by atomic mass is 16.2. The normalized spacial score (nSPS) is 24.9. The summed E-state index contributed by atoms with van der Waals surface area (Å²) in [4.78, 5) is 24.5. The summed E-state index contributed by atoms with van der Waals surface area (Å²) >= 11 is 0. The Morgan fingerprint density at radius 1 is 1.37 bits per heavy atom. The maximum atomic E-state index is 12.6. The summed E-state index contributed by atoms with van der Waals surface area (Å²) in [5, 5.41) is 0. The van der Waals surface area contributed by atoms with Crippen LogP contribution in [0.15, 0.2) is 6.33 Å². The van der Waals surface area contributed by atoms with E-state index in [9.17, 15) is 4.79 Å². The van der Waals surface area contributed by atoms with Gasteiger partial charge in [-0.25, -0.2) is 4.98 Å². The molecule has 104 valence electrons. The molecule has 1 aliphatic carbocycles. The van der Waals surface area contributed by atoms with E-state index < -0.39 is 0 Å². The Morgan fingerprint density at radius 2 is 2.26 bits per heavy atom. The number of amides is 1. The second kappa shape index (κ2) is 5.33. The number of aromatic amines is 1. The average Bonchev–Trinajstić information content (AvgIpc) is 2.78. The maximum absolute atomic E-state index is 12.6. The summed E-state index contributed by atoms with van der Waals surface area (Å²) in [5.41, 5.74) is 2.32. The zero-order valence-corrected chi connectivity index (χ0v) is 11.6. The van der Waals surface area contributed by atoms with Crippen molar-refractivity contribution in [1.82, 2.24) is 19.8 Å². The molecule has 5 nitrogen and oxygen atoms in total. The lowest BCUT2D eigenvalue weighted by Gasteiger charge is -2.28. The van der Waals surface area contributed by atoms with Gasteiger partial charge in [0.25, 0.3) is 0 Å². The fourth-order valence-corrected chi connectivity index (χ4v) is 3.14. The predicted molar refractivity (Wildman–Crippen MR) is 72.8 cm³/mol. The molecule has 1 aromatic rings. The second-order valence-corrected chi connectivity index (χ2v) is 5.75. The van der Waals surface area contributed by atoms with Gasteiger partial charge in [-0.2, -0.15) is 0 Å². The molecule has 2 heterocycles. The molecule has 1 atom stereocenters. The van der Waals surface area contributed by atoms with E-state index in [-0.39, 0.29) is 5.92 Å². The van der Waals surface area contributed by atoms with Gasteiger partial charge in [0, 0.05) is 37.7 Å². The molecular formula is C14H22N4O. The van der Waals surface area contributed by atoms with Crippen LogP contribution in [-0.2, 0) is 17.6 Å². The first-order chi connectivity index (χ1) is 9.24. The van der Waals surface area contributed by atoms with Crippen molar-refractivity contribution in [3.63, 3.8) is 0 Å². The molecule has 2 aliphatic rings. The van der Waals surface area contributed by atoms with Crippen LogP contribution < -0.4 is 0 Å². The summed E-state index contributed by atoms with van der Waals surface area (Å²) in [5.74, 6) is 0.493. The van der Waals surface area contributed by atoms with Crippen LogP contribution in [0.5, 0.6) is 0 Å². The summed E-state index contributed by atoms with van der Waals surface area (Å²) in [6.07, 6.45) is 5.55. The molecule has 1 N–H and O–H groups in total. The van der Waals surface area contributed by atoms with E-state index in [1.807, 2.05) is 0 Å². The summed E-state index contributed by atoms with van der Waals surface area (Å²) in [7, 11) is 2.13. The standard InChI is InChI=1S/C14H22N4O/c1-17-5-2-6-18(8-7-17)14(19)11-3-4-12-13(9-11)16-10-15-12/h10-11H,2-9H2,1H3,(H,15,16). The van der Waals surface area contributed by atoms with Crippen molar-refractivity contribution >= 4 is 5.91 Å². The molecule has 0 radical (unpaired) electrons. The van der Waals surface area contributed by atoms with Crippen molar-refractivity contribution in [2.24, 2.45) is 5.92 Å². The van der Waals surface area contributed by atoms with Crippen molar-refractivity contribution in [2.75, 3.05) is 33.2 Å². The summed E-state index contributed by atoms with van der Waals surface area (Å²) < 4.78 is 0. The molecule has 1 unspecified atom stereocenters. The van der Waals surface area contributed by atoms with Crippen LogP contribution in [0, 0.1) is 5.92 Å². The van der Waals surface area contributed by atoms with Crippen LogP contribution in [0.25, 0.3) is 0 Å². The molecular weight excluding hydrogens is 240 g/mol. The van der Waals surface area contributed by atoms with Crippen LogP contribution in [0.2, 0.25) is 0 Å². The molecule has 1 fully saturated rings. The van der Waals surface area contributed by atoms with Crippen molar-refractivity contribution in [2.45, 2.75) is 25.7 Å². The van der Waals surface area contributed by atoms with Crippen LogP contribution >= 0.6 is 0 Å². The number of hydrogen-bond acceptors (Lipinski definition) is 3. The molecule has 0 bridgehead atoms. The number of fused-ring (bicyclic) bond motifs is 1. The van der Waals surface area contributed by atoms with Gasteiger partial charge in [0.05, 0.1) is 12.0 Å². The summed E-state index contributed by atoms with van der Waals surface area (Å²) in [6, 6.07) is 0. The second-order valence-electron chi connectivity index (χ2n) is 5.75. The number of carbonyl (C=O) groups excluding carboxylic acids is 1. The molecule has 1 aromatic heterocycles. The number of imidazole rings is 1. The third-order valence-electron chi connectivity index (χ3n) is 4.37. The SMILES string of the molecule is CN1CCCN(C(=O)C2CCc3nc[nH]c3C2)CC1. The number of nitrogens with one attached hydrogen (secondary N) is 1. The van der Waals surface area contributed by atoms with Crippen LogP contribution in [-0.4, -0.2) is 58.9 Å². The third kappa shape index (κ3) is 2.66. The Balaban J connectivity index is 1.64. The molecule has 1 amide bonds. The highest BCUT2D eigenvalue weighted by Crippen LogP contribution is 2.24. The number of carbonyl (C=O) groups is 1. The van der Waals surface area contributed by atoms with Gasteiger partial charge in [0.15, 0.2) is 0 Å². The van der Waals surface area contributed by atoms with Crippen molar-refractivity contribution in [1.29, 1.82) is 0 Å². The zero-order valence-electron chi connectivity index (χ0n) is 11.6.